The van der Waals surface area contributed by atoms with Crippen molar-refractivity contribution in [3.8, 4) is 0 Å². The Morgan fingerprint density at radius 1 is 0.810 bits per heavy atom. The Morgan fingerprint density at radius 2 is 1.43 bits per heavy atom. The Balaban J connectivity index is 1.89. The van der Waals surface area contributed by atoms with Crippen LogP contribution in [-0.4, -0.2) is 11.8 Å². The first kappa shape index (κ1) is 15.4. The number of carbonyl (C=O) groups is 2. The molecule has 0 radical (unpaired) electrons. The molecule has 2 amide bonds. The average molecular weight is 323 g/mol. The van der Waals surface area contributed by atoms with Gasteiger partial charge in [-0.3, -0.25) is 9.59 Å². The number of hydrogen-bond donors (Lipinski definition) is 2. The zero-order valence-electron chi connectivity index (χ0n) is 10.9. The minimum atomic E-state index is -0.429. The van der Waals surface area contributed by atoms with Gasteiger partial charge in [0, 0.05) is 11.4 Å². The van der Waals surface area contributed by atoms with Gasteiger partial charge in [0.1, 0.15) is 6.42 Å². The second-order valence-corrected chi connectivity index (χ2v) is 5.08. The van der Waals surface area contributed by atoms with Crippen molar-refractivity contribution >= 4 is 46.4 Å². The molecular weight excluding hydrogens is 311 g/mol. The van der Waals surface area contributed by atoms with Crippen LogP contribution in [0.2, 0.25) is 10.0 Å². The third kappa shape index (κ3) is 4.77. The Bertz CT molecular complexity index is 660. The molecule has 4 nitrogen and oxygen atoms in total. The van der Waals surface area contributed by atoms with Gasteiger partial charge in [-0.05, 0) is 30.3 Å². The van der Waals surface area contributed by atoms with E-state index in [4.69, 9.17) is 23.2 Å². The number of nitrogens with one attached hydrogen (secondary N) is 2. The lowest BCUT2D eigenvalue weighted by Gasteiger charge is -2.07. The molecule has 0 atom stereocenters. The Kier molecular flexibility index (Phi) is 5.20. The lowest BCUT2D eigenvalue weighted by atomic mass is 10.3. The second-order valence-electron chi connectivity index (χ2n) is 4.27. The van der Waals surface area contributed by atoms with Crippen molar-refractivity contribution in [2.24, 2.45) is 0 Å². The first-order valence-electron chi connectivity index (χ1n) is 6.14. The summed E-state index contributed by atoms with van der Waals surface area (Å²) in [5.74, 6) is -0.819. The summed E-state index contributed by atoms with van der Waals surface area (Å²) in [5, 5.41) is 5.95. The molecule has 2 rings (SSSR count). The van der Waals surface area contributed by atoms with Gasteiger partial charge >= 0.3 is 0 Å². The summed E-state index contributed by atoms with van der Waals surface area (Å²) >= 11 is 11.6. The number of halogens is 2. The van der Waals surface area contributed by atoms with Crippen molar-refractivity contribution in [3.05, 3.63) is 58.6 Å². The first-order valence-corrected chi connectivity index (χ1v) is 6.90. The standard InChI is InChI=1S/C15H12Cl2N2O2/c16-12-7-6-11(8-13(12)17)19-15(21)9-14(20)18-10-4-2-1-3-5-10/h1-8H,9H2,(H,18,20)(H,19,21). The Morgan fingerprint density at radius 3 is 2.05 bits per heavy atom. The molecule has 2 aromatic rings. The number of benzene rings is 2. The minimum Gasteiger partial charge on any atom is -0.326 e. The van der Waals surface area contributed by atoms with Crippen LogP contribution < -0.4 is 10.6 Å². The van der Waals surface area contributed by atoms with E-state index in [9.17, 15) is 9.59 Å². The van der Waals surface area contributed by atoms with Crippen molar-refractivity contribution in [1.82, 2.24) is 0 Å². The lowest BCUT2D eigenvalue weighted by molar-refractivity contribution is -0.123. The number of anilines is 2. The van der Waals surface area contributed by atoms with Gasteiger partial charge in [-0.2, -0.15) is 0 Å². The molecule has 0 heterocycles. The summed E-state index contributed by atoms with van der Waals surface area (Å²) in [5.41, 5.74) is 1.13. The molecule has 6 heteroatoms. The maximum atomic E-state index is 11.8. The summed E-state index contributed by atoms with van der Waals surface area (Å²) in [6, 6.07) is 13.6. The monoisotopic (exact) mass is 322 g/mol. The van der Waals surface area contributed by atoms with E-state index in [1.807, 2.05) is 6.07 Å². The zero-order chi connectivity index (χ0) is 15.2. The van der Waals surface area contributed by atoms with Crippen LogP contribution in [0.25, 0.3) is 0 Å². The molecule has 0 fully saturated rings. The molecule has 0 saturated heterocycles. The van der Waals surface area contributed by atoms with E-state index in [0.717, 1.165) is 0 Å². The van der Waals surface area contributed by atoms with Gasteiger partial charge < -0.3 is 10.6 Å². The Hall–Kier alpha value is -2.04. The summed E-state index contributed by atoms with van der Waals surface area (Å²) in [6.07, 6.45) is -0.283. The SMILES string of the molecule is O=C(CC(=O)Nc1ccc(Cl)c(Cl)c1)Nc1ccccc1. The van der Waals surface area contributed by atoms with Crippen LogP contribution >= 0.6 is 23.2 Å². The van der Waals surface area contributed by atoms with Crippen molar-refractivity contribution in [2.75, 3.05) is 10.6 Å². The fraction of sp³-hybridized carbons (Fsp3) is 0.0667. The van der Waals surface area contributed by atoms with Crippen LogP contribution in [0, 0.1) is 0 Å². The van der Waals surface area contributed by atoms with Gasteiger partial charge in [-0.1, -0.05) is 41.4 Å². The average Bonchev–Trinajstić information content (AvgIpc) is 2.43. The van der Waals surface area contributed by atoms with Gasteiger partial charge in [-0.25, -0.2) is 0 Å². The quantitative estimate of drug-likeness (QED) is 0.837. The van der Waals surface area contributed by atoms with E-state index in [0.29, 0.717) is 21.4 Å². The van der Waals surface area contributed by atoms with E-state index in [2.05, 4.69) is 10.6 Å². The third-order valence-electron chi connectivity index (χ3n) is 2.58. The van der Waals surface area contributed by atoms with Gasteiger partial charge in [0.2, 0.25) is 11.8 Å². The zero-order valence-corrected chi connectivity index (χ0v) is 12.4. The number of rotatable bonds is 4. The van der Waals surface area contributed by atoms with Crippen LogP contribution in [-0.2, 0) is 9.59 Å². The smallest absolute Gasteiger partial charge is 0.233 e. The highest BCUT2D eigenvalue weighted by Crippen LogP contribution is 2.25. The maximum absolute atomic E-state index is 11.8. The van der Waals surface area contributed by atoms with Crippen LogP contribution in [0.15, 0.2) is 48.5 Å². The van der Waals surface area contributed by atoms with Crippen LogP contribution in [0.1, 0.15) is 6.42 Å². The predicted octanol–water partition coefficient (Wildman–Crippen LogP) is 3.96. The molecule has 0 aliphatic heterocycles. The van der Waals surface area contributed by atoms with Crippen LogP contribution in [0.3, 0.4) is 0 Å². The summed E-state index contributed by atoms with van der Waals surface area (Å²) in [4.78, 5) is 23.5. The maximum Gasteiger partial charge on any atom is 0.233 e. The summed E-state index contributed by atoms with van der Waals surface area (Å²) in [7, 11) is 0. The molecule has 0 bridgehead atoms. The van der Waals surface area contributed by atoms with Gasteiger partial charge in [0.25, 0.3) is 0 Å². The number of para-hydroxylation sites is 1. The number of amides is 2. The summed E-state index contributed by atoms with van der Waals surface area (Å²) in [6.45, 7) is 0. The molecule has 0 spiro atoms. The number of hydrogen-bond acceptors (Lipinski definition) is 2. The molecule has 0 unspecified atom stereocenters. The first-order chi connectivity index (χ1) is 10.0. The predicted molar refractivity (Wildman–Crippen MR) is 84.8 cm³/mol. The van der Waals surface area contributed by atoms with Crippen molar-refractivity contribution in [2.45, 2.75) is 6.42 Å². The number of carbonyl (C=O) groups excluding carboxylic acids is 2. The molecule has 108 valence electrons. The fourth-order valence-corrected chi connectivity index (χ4v) is 1.95. The van der Waals surface area contributed by atoms with E-state index in [-0.39, 0.29) is 6.42 Å². The van der Waals surface area contributed by atoms with Gasteiger partial charge in [0.05, 0.1) is 10.0 Å². The van der Waals surface area contributed by atoms with Gasteiger partial charge in [0.15, 0.2) is 0 Å². The molecule has 2 aromatic carbocycles. The third-order valence-corrected chi connectivity index (χ3v) is 3.32. The van der Waals surface area contributed by atoms with E-state index < -0.39 is 11.8 Å². The molecule has 0 aliphatic rings. The highest BCUT2D eigenvalue weighted by Gasteiger charge is 2.10. The highest BCUT2D eigenvalue weighted by molar-refractivity contribution is 6.42. The fourth-order valence-electron chi connectivity index (χ4n) is 1.65. The second kappa shape index (κ2) is 7.11. The van der Waals surface area contributed by atoms with E-state index in [1.165, 1.54) is 6.07 Å². The lowest BCUT2D eigenvalue weighted by Crippen LogP contribution is -2.21. The topological polar surface area (TPSA) is 58.2 Å². The van der Waals surface area contributed by atoms with E-state index in [1.54, 1.807) is 36.4 Å². The largest absolute Gasteiger partial charge is 0.326 e. The normalized spacial score (nSPS) is 10.0. The van der Waals surface area contributed by atoms with Crippen LogP contribution in [0.5, 0.6) is 0 Å². The summed E-state index contributed by atoms with van der Waals surface area (Å²) < 4.78 is 0. The molecule has 2 N–H and O–H groups in total. The van der Waals surface area contributed by atoms with Crippen LogP contribution in [0.4, 0.5) is 11.4 Å². The molecule has 0 aromatic heterocycles. The molecular formula is C15H12Cl2N2O2. The molecule has 21 heavy (non-hydrogen) atoms. The van der Waals surface area contributed by atoms with E-state index >= 15 is 0 Å². The molecule has 0 aliphatic carbocycles. The van der Waals surface area contributed by atoms with Crippen molar-refractivity contribution in [1.29, 1.82) is 0 Å². The Labute approximate surface area is 132 Å². The molecule has 0 saturated carbocycles. The highest BCUT2D eigenvalue weighted by atomic mass is 35.5. The van der Waals surface area contributed by atoms with Gasteiger partial charge in [-0.15, -0.1) is 0 Å². The minimum absolute atomic E-state index is 0.283. The van der Waals surface area contributed by atoms with Crippen molar-refractivity contribution in [3.63, 3.8) is 0 Å². The van der Waals surface area contributed by atoms with Crippen molar-refractivity contribution < 1.29 is 9.59 Å².